The number of anilines is 1. The number of amides is 2. The second-order valence-electron chi connectivity index (χ2n) is 8.38. The van der Waals surface area contributed by atoms with E-state index in [1.165, 1.54) is 0 Å². The Morgan fingerprint density at radius 2 is 1.75 bits per heavy atom. The highest BCUT2D eigenvalue weighted by Gasteiger charge is 2.28. The number of rotatable bonds is 6. The number of piperazine rings is 1. The Labute approximate surface area is 168 Å². The molecule has 0 bridgehead atoms. The first-order chi connectivity index (χ1) is 13.5. The van der Waals surface area contributed by atoms with Crippen molar-refractivity contribution >= 4 is 17.5 Å². The fourth-order valence-corrected chi connectivity index (χ4v) is 4.20. The number of carbonyl (C=O) groups is 2. The molecule has 6 heteroatoms. The summed E-state index contributed by atoms with van der Waals surface area (Å²) in [5.74, 6) is 0.899. The summed E-state index contributed by atoms with van der Waals surface area (Å²) in [4.78, 5) is 31.5. The largest absolute Gasteiger partial charge is 0.343 e. The van der Waals surface area contributed by atoms with Crippen LogP contribution in [0.5, 0.6) is 0 Å². The molecule has 2 amide bonds. The first-order valence-corrected chi connectivity index (χ1v) is 10.5. The number of para-hydroxylation sites is 1. The van der Waals surface area contributed by atoms with Crippen LogP contribution in [0, 0.1) is 5.92 Å². The number of nitrogens with one attached hydrogen (secondary N) is 1. The van der Waals surface area contributed by atoms with Crippen molar-refractivity contribution in [2.24, 2.45) is 5.92 Å². The van der Waals surface area contributed by atoms with Gasteiger partial charge in [-0.1, -0.05) is 18.2 Å². The zero-order chi connectivity index (χ0) is 19.9. The number of carbonyl (C=O) groups excluding carboxylic acids is 2. The summed E-state index contributed by atoms with van der Waals surface area (Å²) in [5.41, 5.74) is 0.853. The molecule has 0 spiro atoms. The lowest BCUT2D eigenvalue weighted by molar-refractivity contribution is -0.134. The maximum atomic E-state index is 12.7. The number of likely N-dealkylation sites (N-methyl/N-ethyl adjacent to an activating group) is 2. The monoisotopic (exact) mass is 386 g/mol. The molecule has 0 radical (unpaired) electrons. The summed E-state index contributed by atoms with van der Waals surface area (Å²) in [5, 5.41) is 2.95. The van der Waals surface area contributed by atoms with Gasteiger partial charge in [0.25, 0.3) is 0 Å². The fourth-order valence-electron chi connectivity index (χ4n) is 4.20. The summed E-state index contributed by atoms with van der Waals surface area (Å²) in [6.07, 6.45) is 4.07. The van der Waals surface area contributed by atoms with E-state index >= 15 is 0 Å². The highest BCUT2D eigenvalue weighted by atomic mass is 16.2. The van der Waals surface area contributed by atoms with Crippen LogP contribution in [0.3, 0.4) is 0 Å². The zero-order valence-electron chi connectivity index (χ0n) is 17.3. The van der Waals surface area contributed by atoms with Crippen LogP contribution in [0.25, 0.3) is 0 Å². The second-order valence-corrected chi connectivity index (χ2v) is 8.38. The van der Waals surface area contributed by atoms with E-state index in [4.69, 9.17) is 0 Å². The number of hydrogen-bond donors (Lipinski definition) is 1. The van der Waals surface area contributed by atoms with Crippen LogP contribution in [-0.2, 0) is 9.59 Å². The molecule has 2 fully saturated rings. The normalized spacial score (nSPS) is 22.2. The van der Waals surface area contributed by atoms with Crippen molar-refractivity contribution in [2.75, 3.05) is 52.1 Å². The molecular formula is C22H34N4O2. The van der Waals surface area contributed by atoms with Crippen molar-refractivity contribution in [1.82, 2.24) is 14.7 Å². The summed E-state index contributed by atoms with van der Waals surface area (Å²) in [6, 6.07) is 9.92. The lowest BCUT2D eigenvalue weighted by atomic mass is 9.91. The minimum atomic E-state index is 0.0779. The molecule has 1 atom stereocenters. The van der Waals surface area contributed by atoms with Gasteiger partial charge in [0.15, 0.2) is 0 Å². The molecule has 1 N–H and O–H groups in total. The van der Waals surface area contributed by atoms with Gasteiger partial charge in [-0.2, -0.15) is 0 Å². The van der Waals surface area contributed by atoms with Gasteiger partial charge in [-0.25, -0.2) is 0 Å². The van der Waals surface area contributed by atoms with Gasteiger partial charge < -0.3 is 20.0 Å². The predicted octanol–water partition coefficient (Wildman–Crippen LogP) is 2.28. The Balaban J connectivity index is 1.36. The van der Waals surface area contributed by atoms with Gasteiger partial charge in [0.05, 0.1) is 0 Å². The van der Waals surface area contributed by atoms with E-state index in [0.717, 1.165) is 57.7 Å². The summed E-state index contributed by atoms with van der Waals surface area (Å²) in [7, 11) is 4.25. The fraction of sp³-hybridized carbons (Fsp3) is 0.636. The van der Waals surface area contributed by atoms with Gasteiger partial charge in [0.2, 0.25) is 11.8 Å². The van der Waals surface area contributed by atoms with Gasteiger partial charge in [-0.15, -0.1) is 0 Å². The van der Waals surface area contributed by atoms with Crippen LogP contribution in [0.4, 0.5) is 5.69 Å². The van der Waals surface area contributed by atoms with Crippen LogP contribution in [0.2, 0.25) is 0 Å². The lowest BCUT2D eigenvalue weighted by Crippen LogP contribution is -2.52. The van der Waals surface area contributed by atoms with Gasteiger partial charge in [-0.05, 0) is 51.4 Å². The van der Waals surface area contributed by atoms with Gasteiger partial charge in [-0.3, -0.25) is 9.59 Å². The third-order valence-electron chi connectivity index (χ3n) is 6.19. The van der Waals surface area contributed by atoms with E-state index in [1.54, 1.807) is 0 Å². The van der Waals surface area contributed by atoms with Crippen molar-refractivity contribution in [1.29, 1.82) is 0 Å². The molecule has 0 aliphatic carbocycles. The number of benzene rings is 1. The molecule has 1 aromatic rings. The van der Waals surface area contributed by atoms with Crippen LogP contribution in [0.15, 0.2) is 30.3 Å². The van der Waals surface area contributed by atoms with Crippen molar-refractivity contribution in [3.8, 4) is 0 Å². The van der Waals surface area contributed by atoms with E-state index < -0.39 is 0 Å². The Morgan fingerprint density at radius 1 is 1.04 bits per heavy atom. The van der Waals surface area contributed by atoms with E-state index in [-0.39, 0.29) is 11.8 Å². The molecular weight excluding hydrogens is 352 g/mol. The summed E-state index contributed by atoms with van der Waals surface area (Å²) in [6.45, 7) is 4.73. The quantitative estimate of drug-likeness (QED) is 0.815. The molecule has 28 heavy (non-hydrogen) atoms. The Kier molecular flexibility index (Phi) is 7.45. The van der Waals surface area contributed by atoms with Crippen molar-refractivity contribution < 1.29 is 9.59 Å². The Hall–Kier alpha value is -1.92. The average molecular weight is 387 g/mol. The number of likely N-dealkylation sites (tertiary alicyclic amines) is 1. The molecule has 0 saturated carbocycles. The molecule has 1 unspecified atom stereocenters. The van der Waals surface area contributed by atoms with Crippen molar-refractivity contribution in [3.05, 3.63) is 30.3 Å². The van der Waals surface area contributed by atoms with Crippen LogP contribution < -0.4 is 5.32 Å². The van der Waals surface area contributed by atoms with E-state index in [2.05, 4.69) is 29.2 Å². The third kappa shape index (κ3) is 6.04. The topological polar surface area (TPSA) is 55.9 Å². The molecule has 6 nitrogen and oxygen atoms in total. The minimum absolute atomic E-state index is 0.0779. The molecule has 2 aliphatic heterocycles. The minimum Gasteiger partial charge on any atom is -0.343 e. The lowest BCUT2D eigenvalue weighted by Gasteiger charge is -2.39. The highest BCUT2D eigenvalue weighted by Crippen LogP contribution is 2.23. The molecule has 2 aliphatic rings. The molecule has 1 aromatic carbocycles. The maximum absolute atomic E-state index is 12.7. The highest BCUT2D eigenvalue weighted by molar-refractivity contribution is 5.90. The molecule has 0 aromatic heterocycles. The van der Waals surface area contributed by atoms with Crippen LogP contribution in [0.1, 0.15) is 32.1 Å². The van der Waals surface area contributed by atoms with Crippen molar-refractivity contribution in [3.63, 3.8) is 0 Å². The first-order valence-electron chi connectivity index (χ1n) is 10.5. The Morgan fingerprint density at radius 3 is 2.46 bits per heavy atom. The first kappa shape index (κ1) is 20.8. The van der Waals surface area contributed by atoms with E-state index in [0.29, 0.717) is 24.8 Å². The number of hydrogen-bond acceptors (Lipinski definition) is 4. The second kappa shape index (κ2) is 10.0. The van der Waals surface area contributed by atoms with Crippen molar-refractivity contribution in [2.45, 2.75) is 38.1 Å². The zero-order valence-corrected chi connectivity index (χ0v) is 17.3. The summed E-state index contributed by atoms with van der Waals surface area (Å²) >= 11 is 0. The third-order valence-corrected chi connectivity index (χ3v) is 6.19. The molecule has 3 rings (SSSR count). The average Bonchev–Trinajstić information content (AvgIpc) is 2.70. The standard InChI is InChI=1S/C22H34N4O2/c1-24-14-15-25(2)20(17-24)16-22(28)26-12-10-18(11-13-26)8-9-21(27)23-19-6-4-3-5-7-19/h3-7,18,20H,8-17H2,1-2H3,(H,23,27). The smallest absolute Gasteiger partial charge is 0.224 e. The molecule has 154 valence electrons. The number of nitrogens with zero attached hydrogens (tertiary/aromatic N) is 3. The molecule has 2 heterocycles. The summed E-state index contributed by atoms with van der Waals surface area (Å²) < 4.78 is 0. The molecule has 2 saturated heterocycles. The maximum Gasteiger partial charge on any atom is 0.224 e. The Bertz CT molecular complexity index is 643. The van der Waals surface area contributed by atoms with Crippen LogP contribution >= 0.6 is 0 Å². The SMILES string of the molecule is CN1CCN(C)C(CC(=O)N2CCC(CCC(=O)Nc3ccccc3)CC2)C1. The van der Waals surface area contributed by atoms with E-state index in [9.17, 15) is 9.59 Å². The van der Waals surface area contributed by atoms with Gasteiger partial charge in [0.1, 0.15) is 0 Å². The van der Waals surface area contributed by atoms with E-state index in [1.807, 2.05) is 35.2 Å². The van der Waals surface area contributed by atoms with Crippen LogP contribution in [-0.4, -0.2) is 79.4 Å². The number of piperidine rings is 1. The predicted molar refractivity (Wildman–Crippen MR) is 112 cm³/mol. The van der Waals surface area contributed by atoms with Gasteiger partial charge >= 0.3 is 0 Å². The van der Waals surface area contributed by atoms with Gasteiger partial charge in [0, 0.05) is 57.3 Å².